The van der Waals surface area contributed by atoms with Crippen molar-refractivity contribution in [3.05, 3.63) is 50.6 Å². The molecule has 2 aliphatic heterocycles. The Hall–Kier alpha value is -1.79. The fourth-order valence-electron chi connectivity index (χ4n) is 3.43. The number of thiophene rings is 1. The van der Waals surface area contributed by atoms with Crippen LogP contribution in [0, 0.1) is 0 Å². The van der Waals surface area contributed by atoms with Crippen molar-refractivity contribution in [2.75, 3.05) is 19.8 Å². The van der Waals surface area contributed by atoms with E-state index < -0.39 is 0 Å². The topological polar surface area (TPSA) is 38.8 Å². The largest absolute Gasteiger partial charge is 0.490 e. The smallest absolute Gasteiger partial charge is 0.247 e. The highest BCUT2D eigenvalue weighted by molar-refractivity contribution is 9.11. The predicted octanol–water partition coefficient (Wildman–Crippen LogP) is 5.05. The number of likely N-dealkylation sites (tertiary alicyclic amines) is 1. The Morgan fingerprint density at radius 1 is 1.15 bits per heavy atom. The Balaban J connectivity index is 1.52. The maximum Gasteiger partial charge on any atom is 0.247 e. The van der Waals surface area contributed by atoms with Gasteiger partial charge in [-0.3, -0.25) is 4.79 Å². The van der Waals surface area contributed by atoms with E-state index >= 15 is 0 Å². The molecule has 1 aromatic heterocycles. The molecule has 3 heterocycles. The predicted molar refractivity (Wildman–Crippen MR) is 107 cm³/mol. The summed E-state index contributed by atoms with van der Waals surface area (Å²) in [6.45, 7) is 2.14. The lowest BCUT2D eigenvalue weighted by atomic mass is 10.0. The first-order chi connectivity index (χ1) is 12.7. The summed E-state index contributed by atoms with van der Waals surface area (Å²) in [5.74, 6) is 1.65. The third kappa shape index (κ3) is 3.81. The van der Waals surface area contributed by atoms with E-state index in [2.05, 4.69) is 22.0 Å². The minimum atomic E-state index is 0.0594. The lowest BCUT2D eigenvalue weighted by Crippen LogP contribution is -2.28. The summed E-state index contributed by atoms with van der Waals surface area (Å²) in [4.78, 5) is 15.8. The lowest BCUT2D eigenvalue weighted by Gasteiger charge is -2.24. The van der Waals surface area contributed by atoms with Gasteiger partial charge in [-0.1, -0.05) is 6.07 Å². The van der Waals surface area contributed by atoms with Gasteiger partial charge in [-0.15, -0.1) is 11.3 Å². The minimum Gasteiger partial charge on any atom is -0.490 e. The molecular weight excluding hydrogens is 414 g/mol. The fourth-order valence-corrected chi connectivity index (χ4v) is 4.76. The molecule has 0 unspecified atom stereocenters. The number of carbonyl (C=O) groups excluding carboxylic acids is 1. The number of rotatable bonds is 3. The molecule has 136 valence electrons. The zero-order chi connectivity index (χ0) is 17.9. The van der Waals surface area contributed by atoms with Gasteiger partial charge in [0.1, 0.15) is 0 Å². The number of hydrogen-bond donors (Lipinski definition) is 0. The van der Waals surface area contributed by atoms with Gasteiger partial charge in [0.2, 0.25) is 5.91 Å². The van der Waals surface area contributed by atoms with Gasteiger partial charge >= 0.3 is 0 Å². The van der Waals surface area contributed by atoms with Crippen LogP contribution in [0.15, 0.2) is 40.2 Å². The maximum absolute atomic E-state index is 12.7. The molecule has 1 fully saturated rings. The zero-order valence-electron chi connectivity index (χ0n) is 14.3. The Morgan fingerprint density at radius 2 is 2.00 bits per heavy atom. The van der Waals surface area contributed by atoms with Crippen LogP contribution in [0.3, 0.4) is 0 Å². The van der Waals surface area contributed by atoms with Crippen molar-refractivity contribution in [1.29, 1.82) is 0 Å². The highest BCUT2D eigenvalue weighted by Crippen LogP contribution is 2.38. The van der Waals surface area contributed by atoms with Crippen molar-refractivity contribution in [2.24, 2.45) is 0 Å². The molecule has 4 rings (SSSR count). The third-order valence-corrected chi connectivity index (χ3v) is 6.27. The highest BCUT2D eigenvalue weighted by Gasteiger charge is 2.29. The van der Waals surface area contributed by atoms with Gasteiger partial charge in [0.05, 0.1) is 23.0 Å². The van der Waals surface area contributed by atoms with Crippen LogP contribution >= 0.6 is 27.3 Å². The molecule has 0 spiro atoms. The number of fused-ring (bicyclic) bond motifs is 1. The summed E-state index contributed by atoms with van der Waals surface area (Å²) in [5.41, 5.74) is 1.12. The Labute approximate surface area is 165 Å². The van der Waals surface area contributed by atoms with Crippen molar-refractivity contribution < 1.29 is 14.3 Å². The van der Waals surface area contributed by atoms with Gasteiger partial charge in [0.15, 0.2) is 11.5 Å². The van der Waals surface area contributed by atoms with Crippen LogP contribution in [0.2, 0.25) is 0 Å². The average molecular weight is 434 g/mol. The molecule has 0 N–H and O–H groups in total. The molecule has 4 nitrogen and oxygen atoms in total. The first kappa shape index (κ1) is 17.6. The van der Waals surface area contributed by atoms with Gasteiger partial charge in [0.25, 0.3) is 0 Å². The van der Waals surface area contributed by atoms with Gasteiger partial charge < -0.3 is 14.4 Å². The van der Waals surface area contributed by atoms with E-state index in [9.17, 15) is 4.79 Å². The summed E-state index contributed by atoms with van der Waals surface area (Å²) in [5, 5.41) is 0. The SMILES string of the molecule is O=C(/C=C/c1ccc(Br)s1)N1CCC[C@H]1c1ccc2c(c1)OCCCO2. The summed E-state index contributed by atoms with van der Waals surface area (Å²) in [6, 6.07) is 10.2. The number of nitrogens with zero attached hydrogens (tertiary/aromatic N) is 1. The van der Waals surface area contributed by atoms with Gasteiger partial charge in [-0.25, -0.2) is 0 Å². The standard InChI is InChI=1S/C20H20BrNO3S/c21-19-8-5-15(26-19)6-9-20(23)22-10-1-3-16(22)14-4-7-17-18(13-14)25-12-2-11-24-17/h4-9,13,16H,1-3,10-12H2/b9-6+/t16-/m0/s1. The Bertz CT molecular complexity index is 832. The maximum atomic E-state index is 12.7. The molecule has 0 saturated carbocycles. The molecule has 0 aliphatic carbocycles. The molecule has 1 aromatic carbocycles. The monoisotopic (exact) mass is 433 g/mol. The normalized spacial score (nSPS) is 19.7. The Kier molecular flexibility index (Phi) is 5.31. The highest BCUT2D eigenvalue weighted by atomic mass is 79.9. The van der Waals surface area contributed by atoms with E-state index in [-0.39, 0.29) is 11.9 Å². The van der Waals surface area contributed by atoms with Crippen LogP contribution in [-0.2, 0) is 4.79 Å². The zero-order valence-corrected chi connectivity index (χ0v) is 16.7. The van der Waals surface area contributed by atoms with Gasteiger partial charge in [-0.05, 0) is 64.7 Å². The summed E-state index contributed by atoms with van der Waals surface area (Å²) < 4.78 is 12.6. The summed E-state index contributed by atoms with van der Waals surface area (Å²) in [7, 11) is 0. The number of amides is 1. The van der Waals surface area contributed by atoms with E-state index in [4.69, 9.17) is 9.47 Å². The van der Waals surface area contributed by atoms with Crippen molar-refractivity contribution >= 4 is 39.2 Å². The van der Waals surface area contributed by atoms with Crippen LogP contribution in [0.25, 0.3) is 6.08 Å². The molecule has 0 bridgehead atoms. The molecule has 2 aliphatic rings. The second-order valence-corrected chi connectivity index (χ2v) is 8.92. The molecule has 6 heteroatoms. The van der Waals surface area contributed by atoms with Crippen LogP contribution < -0.4 is 9.47 Å². The van der Waals surface area contributed by atoms with Gasteiger partial charge in [-0.2, -0.15) is 0 Å². The molecule has 0 radical (unpaired) electrons. The lowest BCUT2D eigenvalue weighted by molar-refractivity contribution is -0.126. The molecule has 1 saturated heterocycles. The van der Waals surface area contributed by atoms with Crippen LogP contribution in [-0.4, -0.2) is 30.6 Å². The number of benzene rings is 1. The van der Waals surface area contributed by atoms with Crippen molar-refractivity contribution in [3.63, 3.8) is 0 Å². The van der Waals surface area contributed by atoms with Crippen molar-refractivity contribution in [1.82, 2.24) is 4.90 Å². The average Bonchev–Trinajstić information content (AvgIpc) is 3.23. The van der Waals surface area contributed by atoms with E-state index in [1.807, 2.05) is 35.2 Å². The minimum absolute atomic E-state index is 0.0594. The fraction of sp³-hybridized carbons (Fsp3) is 0.350. The first-order valence-electron chi connectivity index (χ1n) is 8.84. The number of halogens is 1. The molecule has 1 atom stereocenters. The molecule has 26 heavy (non-hydrogen) atoms. The molecule has 2 aromatic rings. The molecule has 1 amide bonds. The van der Waals surface area contributed by atoms with E-state index in [0.717, 1.165) is 51.5 Å². The van der Waals surface area contributed by atoms with E-state index in [1.165, 1.54) is 0 Å². The van der Waals surface area contributed by atoms with E-state index in [1.54, 1.807) is 17.4 Å². The van der Waals surface area contributed by atoms with Gasteiger partial charge in [0, 0.05) is 23.9 Å². The van der Waals surface area contributed by atoms with E-state index in [0.29, 0.717) is 13.2 Å². The third-order valence-electron chi connectivity index (χ3n) is 4.68. The summed E-state index contributed by atoms with van der Waals surface area (Å²) in [6.07, 6.45) is 6.45. The van der Waals surface area contributed by atoms with Crippen molar-refractivity contribution in [2.45, 2.75) is 25.3 Å². The van der Waals surface area contributed by atoms with Crippen molar-refractivity contribution in [3.8, 4) is 11.5 Å². The van der Waals surface area contributed by atoms with Crippen LogP contribution in [0.1, 0.15) is 35.7 Å². The Morgan fingerprint density at radius 3 is 2.81 bits per heavy atom. The quantitative estimate of drug-likeness (QED) is 0.635. The number of carbonyl (C=O) groups is 1. The first-order valence-corrected chi connectivity index (χ1v) is 10.5. The molecular formula is C20H20BrNO3S. The number of ether oxygens (including phenoxy) is 2. The summed E-state index contributed by atoms with van der Waals surface area (Å²) >= 11 is 5.06. The van der Waals surface area contributed by atoms with Crippen LogP contribution in [0.5, 0.6) is 11.5 Å². The number of hydrogen-bond acceptors (Lipinski definition) is 4. The van der Waals surface area contributed by atoms with Crippen LogP contribution in [0.4, 0.5) is 0 Å². The second kappa shape index (κ2) is 7.84. The second-order valence-electron chi connectivity index (χ2n) is 6.42.